The molecule has 0 bridgehead atoms. The molecule has 2 aromatic carbocycles. The quantitative estimate of drug-likeness (QED) is 0.448. The molecule has 0 aliphatic rings. The van der Waals surface area contributed by atoms with Crippen LogP contribution in [-0.4, -0.2) is 12.9 Å². The lowest BCUT2D eigenvalue weighted by Gasteiger charge is -2.29. The number of aryl methyl sites for hydroxylation is 1. The van der Waals surface area contributed by atoms with Crippen LogP contribution in [0.15, 0.2) is 30.3 Å². The van der Waals surface area contributed by atoms with Crippen molar-refractivity contribution in [2.75, 3.05) is 6.61 Å². The number of carbonyl (C=O) groups is 1. The molecule has 2 heteroatoms. The summed E-state index contributed by atoms with van der Waals surface area (Å²) in [6, 6.07) is 10.0. The Morgan fingerprint density at radius 1 is 1.17 bits per heavy atom. The molecule has 2 rings (SSSR count). The van der Waals surface area contributed by atoms with Crippen molar-refractivity contribution in [3.63, 3.8) is 0 Å². The van der Waals surface area contributed by atoms with Gasteiger partial charge in [-0.3, -0.25) is 4.79 Å². The van der Waals surface area contributed by atoms with Crippen LogP contribution in [-0.2, 0) is 0 Å². The van der Waals surface area contributed by atoms with Crippen LogP contribution in [0.2, 0.25) is 0 Å². The molecule has 2 nitrogen and oxygen atoms in total. The average Bonchev–Trinajstić information content (AvgIpc) is 2.54. The van der Waals surface area contributed by atoms with Crippen molar-refractivity contribution in [3.05, 3.63) is 41.5 Å². The lowest BCUT2D eigenvalue weighted by atomic mass is 9.77. The maximum atomic E-state index is 11.6. The van der Waals surface area contributed by atoms with Crippen LogP contribution in [0.1, 0.15) is 62.9 Å². The highest BCUT2D eigenvalue weighted by Crippen LogP contribution is 2.33. The van der Waals surface area contributed by atoms with Crippen molar-refractivity contribution in [2.45, 2.75) is 53.9 Å². The SMILES string of the molecule is CCC(CCCOc1cc(C)c2ccccc2c1C=O)C(C)(C)C. The molecular weight excluding hydrogens is 296 g/mol. The van der Waals surface area contributed by atoms with E-state index >= 15 is 0 Å². The fraction of sp³-hybridized carbons (Fsp3) is 0.500. The summed E-state index contributed by atoms with van der Waals surface area (Å²) in [6.07, 6.45) is 4.28. The van der Waals surface area contributed by atoms with Gasteiger partial charge in [-0.15, -0.1) is 0 Å². The molecule has 0 heterocycles. The Morgan fingerprint density at radius 3 is 2.42 bits per heavy atom. The van der Waals surface area contributed by atoms with Crippen LogP contribution in [0.25, 0.3) is 10.8 Å². The largest absolute Gasteiger partial charge is 0.493 e. The third-order valence-electron chi connectivity index (χ3n) is 5.05. The summed E-state index contributed by atoms with van der Waals surface area (Å²) in [5.41, 5.74) is 2.15. The number of carbonyl (C=O) groups excluding carboxylic acids is 1. The standard InChI is InChI=1S/C22H30O2/c1-6-17(22(3,4)5)10-9-13-24-21-14-16(2)18-11-7-8-12-19(18)20(21)15-23/h7-8,11-12,14-15,17H,6,9-10,13H2,1-5H3. The Morgan fingerprint density at radius 2 is 1.83 bits per heavy atom. The second-order valence-electron chi connectivity index (χ2n) is 7.73. The summed E-state index contributed by atoms with van der Waals surface area (Å²) in [5, 5.41) is 2.09. The first-order chi connectivity index (χ1) is 11.4. The normalized spacial score (nSPS) is 13.0. The van der Waals surface area contributed by atoms with Crippen LogP contribution in [0.5, 0.6) is 5.75 Å². The van der Waals surface area contributed by atoms with Gasteiger partial charge in [0.2, 0.25) is 0 Å². The summed E-state index contributed by atoms with van der Waals surface area (Å²) in [5.74, 6) is 1.41. The molecule has 1 atom stereocenters. The highest BCUT2D eigenvalue weighted by atomic mass is 16.5. The van der Waals surface area contributed by atoms with E-state index in [4.69, 9.17) is 4.74 Å². The molecule has 0 radical (unpaired) electrons. The Balaban J connectivity index is 2.09. The van der Waals surface area contributed by atoms with Gasteiger partial charge in [-0.2, -0.15) is 0 Å². The molecule has 0 spiro atoms. The minimum absolute atomic E-state index is 0.336. The van der Waals surface area contributed by atoms with Gasteiger partial charge in [0.15, 0.2) is 6.29 Å². The summed E-state index contributed by atoms with van der Waals surface area (Å²) < 4.78 is 5.99. The number of aldehydes is 1. The fourth-order valence-electron chi connectivity index (χ4n) is 3.55. The molecular formula is C22H30O2. The summed E-state index contributed by atoms with van der Waals surface area (Å²) in [7, 11) is 0. The Bertz CT molecular complexity index is 695. The first-order valence-corrected chi connectivity index (χ1v) is 8.98. The maximum Gasteiger partial charge on any atom is 0.154 e. The minimum Gasteiger partial charge on any atom is -0.493 e. The van der Waals surface area contributed by atoms with Gasteiger partial charge in [-0.05, 0) is 53.5 Å². The highest BCUT2D eigenvalue weighted by molar-refractivity contribution is 6.02. The third kappa shape index (κ3) is 4.17. The average molecular weight is 326 g/mol. The van der Waals surface area contributed by atoms with E-state index in [9.17, 15) is 4.79 Å². The smallest absolute Gasteiger partial charge is 0.154 e. The number of hydrogen-bond acceptors (Lipinski definition) is 2. The first-order valence-electron chi connectivity index (χ1n) is 8.98. The van der Waals surface area contributed by atoms with Crippen molar-refractivity contribution >= 4 is 17.1 Å². The van der Waals surface area contributed by atoms with Crippen molar-refractivity contribution in [3.8, 4) is 5.75 Å². The van der Waals surface area contributed by atoms with Crippen LogP contribution >= 0.6 is 0 Å². The predicted molar refractivity (Wildman–Crippen MR) is 102 cm³/mol. The molecule has 130 valence electrons. The molecule has 0 aliphatic carbocycles. The number of benzene rings is 2. The van der Waals surface area contributed by atoms with Crippen LogP contribution in [0, 0.1) is 18.3 Å². The van der Waals surface area contributed by atoms with E-state index in [0.717, 1.165) is 35.5 Å². The summed E-state index contributed by atoms with van der Waals surface area (Å²) >= 11 is 0. The van der Waals surface area contributed by atoms with E-state index in [1.165, 1.54) is 6.42 Å². The molecule has 0 amide bonds. The van der Waals surface area contributed by atoms with Gasteiger partial charge in [0, 0.05) is 0 Å². The molecule has 1 unspecified atom stereocenters. The van der Waals surface area contributed by atoms with Crippen LogP contribution in [0.4, 0.5) is 0 Å². The second-order valence-corrected chi connectivity index (χ2v) is 7.73. The van der Waals surface area contributed by atoms with Crippen molar-refractivity contribution in [1.82, 2.24) is 0 Å². The molecule has 0 aliphatic heterocycles. The predicted octanol–water partition coefficient (Wildman–Crippen LogP) is 6.19. The van der Waals surface area contributed by atoms with Gasteiger partial charge in [-0.1, -0.05) is 58.4 Å². The molecule has 2 aromatic rings. The van der Waals surface area contributed by atoms with E-state index in [1.807, 2.05) is 24.3 Å². The van der Waals surface area contributed by atoms with E-state index in [1.54, 1.807) is 0 Å². The van der Waals surface area contributed by atoms with Crippen molar-refractivity contribution < 1.29 is 9.53 Å². The Kier molecular flexibility index (Phi) is 6.04. The minimum atomic E-state index is 0.336. The lowest BCUT2D eigenvalue weighted by molar-refractivity contribution is 0.112. The number of rotatable bonds is 7. The number of hydrogen-bond donors (Lipinski definition) is 0. The molecule has 0 aromatic heterocycles. The number of fused-ring (bicyclic) bond motifs is 1. The monoisotopic (exact) mass is 326 g/mol. The van der Waals surface area contributed by atoms with Gasteiger partial charge < -0.3 is 4.74 Å². The zero-order valence-corrected chi connectivity index (χ0v) is 15.7. The van der Waals surface area contributed by atoms with Crippen molar-refractivity contribution in [2.24, 2.45) is 11.3 Å². The van der Waals surface area contributed by atoms with Gasteiger partial charge >= 0.3 is 0 Å². The maximum absolute atomic E-state index is 11.6. The molecule has 0 saturated heterocycles. The molecule has 0 N–H and O–H groups in total. The van der Waals surface area contributed by atoms with Gasteiger partial charge in [-0.25, -0.2) is 0 Å². The van der Waals surface area contributed by atoms with E-state index < -0.39 is 0 Å². The van der Waals surface area contributed by atoms with Crippen LogP contribution in [0.3, 0.4) is 0 Å². The first kappa shape index (κ1) is 18.5. The Labute approximate surface area is 146 Å². The second kappa shape index (κ2) is 7.83. The highest BCUT2D eigenvalue weighted by Gasteiger charge is 2.22. The van der Waals surface area contributed by atoms with Crippen molar-refractivity contribution in [1.29, 1.82) is 0 Å². The fourth-order valence-corrected chi connectivity index (χ4v) is 3.55. The summed E-state index contributed by atoms with van der Waals surface area (Å²) in [6.45, 7) is 11.9. The molecule has 24 heavy (non-hydrogen) atoms. The van der Waals surface area contributed by atoms with E-state index in [-0.39, 0.29) is 0 Å². The zero-order chi connectivity index (χ0) is 17.7. The molecule has 0 saturated carbocycles. The topological polar surface area (TPSA) is 26.3 Å². The summed E-state index contributed by atoms with van der Waals surface area (Å²) in [4.78, 5) is 11.6. The lowest BCUT2D eigenvalue weighted by Crippen LogP contribution is -2.20. The van der Waals surface area contributed by atoms with Gasteiger partial charge in [0.05, 0.1) is 12.2 Å². The van der Waals surface area contributed by atoms with E-state index in [0.29, 0.717) is 29.3 Å². The third-order valence-corrected chi connectivity index (χ3v) is 5.05. The Hall–Kier alpha value is -1.83. The van der Waals surface area contributed by atoms with E-state index in [2.05, 4.69) is 40.7 Å². The number of ether oxygens (including phenoxy) is 1. The van der Waals surface area contributed by atoms with Crippen LogP contribution < -0.4 is 4.74 Å². The van der Waals surface area contributed by atoms with Gasteiger partial charge in [0.25, 0.3) is 0 Å². The molecule has 0 fully saturated rings. The zero-order valence-electron chi connectivity index (χ0n) is 15.7. The van der Waals surface area contributed by atoms with Gasteiger partial charge in [0.1, 0.15) is 5.75 Å².